The first kappa shape index (κ1) is 14.3. The number of hydrogen-bond acceptors (Lipinski definition) is 3. The van der Waals surface area contributed by atoms with E-state index in [1.165, 1.54) is 5.56 Å². The van der Waals surface area contributed by atoms with E-state index in [1.54, 1.807) is 18.9 Å². The first-order valence-electron chi connectivity index (χ1n) is 6.82. The first-order chi connectivity index (χ1) is 9.27. The molecule has 0 spiro atoms. The molecule has 0 saturated carbocycles. The maximum atomic E-state index is 12.4. The number of carbonyl (C=O) groups is 1. The van der Waals surface area contributed by atoms with E-state index in [4.69, 9.17) is 4.74 Å². The highest BCUT2D eigenvalue weighted by Crippen LogP contribution is 2.36. The normalized spacial score (nSPS) is 14.1. The van der Waals surface area contributed by atoms with E-state index in [9.17, 15) is 4.79 Å². The minimum atomic E-state index is 0.198. The first-order valence-corrected chi connectivity index (χ1v) is 7.97. The zero-order valence-electron chi connectivity index (χ0n) is 11.6. The number of thioether (sulfide) groups is 1. The van der Waals surface area contributed by atoms with Crippen LogP contribution >= 0.6 is 11.8 Å². The molecule has 0 atom stereocenters. The van der Waals surface area contributed by atoms with Crippen LogP contribution in [-0.2, 0) is 11.2 Å². The molecule has 0 unspecified atom stereocenters. The Bertz CT molecular complexity index is 434. The Morgan fingerprint density at radius 2 is 2.32 bits per heavy atom. The number of methoxy groups -OCH3 is 1. The van der Waals surface area contributed by atoms with Gasteiger partial charge in [-0.05, 0) is 36.6 Å². The van der Waals surface area contributed by atoms with Crippen molar-refractivity contribution in [2.24, 2.45) is 0 Å². The number of nitrogens with zero attached hydrogens (tertiary/aromatic N) is 1. The van der Waals surface area contributed by atoms with Crippen molar-refractivity contribution in [3.05, 3.63) is 23.8 Å². The number of ether oxygens (including phenoxy) is 1. The van der Waals surface area contributed by atoms with Crippen LogP contribution in [0.4, 0.5) is 5.69 Å². The Kier molecular flexibility index (Phi) is 5.14. The van der Waals surface area contributed by atoms with Crippen molar-refractivity contribution in [1.82, 2.24) is 0 Å². The molecule has 3 nitrogen and oxygen atoms in total. The number of amides is 1. The van der Waals surface area contributed by atoms with Crippen LogP contribution in [0, 0.1) is 0 Å². The highest BCUT2D eigenvalue weighted by Gasteiger charge is 2.25. The second kappa shape index (κ2) is 6.85. The van der Waals surface area contributed by atoms with E-state index >= 15 is 0 Å². The summed E-state index contributed by atoms with van der Waals surface area (Å²) >= 11 is 1.71. The smallest absolute Gasteiger partial charge is 0.237 e. The van der Waals surface area contributed by atoms with Gasteiger partial charge in [0.2, 0.25) is 5.91 Å². The minimum absolute atomic E-state index is 0.198. The highest BCUT2D eigenvalue weighted by atomic mass is 32.2. The molecule has 0 saturated heterocycles. The summed E-state index contributed by atoms with van der Waals surface area (Å²) in [5.74, 6) is 2.61. The van der Waals surface area contributed by atoms with Gasteiger partial charge in [0.25, 0.3) is 0 Å². The van der Waals surface area contributed by atoms with Crippen molar-refractivity contribution >= 4 is 23.4 Å². The van der Waals surface area contributed by atoms with Gasteiger partial charge in [-0.1, -0.05) is 19.1 Å². The lowest BCUT2D eigenvalue weighted by molar-refractivity contribution is -0.116. The Morgan fingerprint density at radius 1 is 1.47 bits per heavy atom. The Labute approximate surface area is 119 Å². The molecule has 0 aliphatic carbocycles. The van der Waals surface area contributed by atoms with E-state index in [2.05, 4.69) is 13.0 Å². The van der Waals surface area contributed by atoms with Crippen LogP contribution in [0.25, 0.3) is 0 Å². The second-order valence-corrected chi connectivity index (χ2v) is 5.77. The predicted octanol–water partition coefficient (Wildman–Crippen LogP) is 3.12. The van der Waals surface area contributed by atoms with Crippen molar-refractivity contribution in [1.29, 1.82) is 0 Å². The van der Waals surface area contributed by atoms with Gasteiger partial charge in [-0.3, -0.25) is 4.79 Å². The zero-order chi connectivity index (χ0) is 13.7. The van der Waals surface area contributed by atoms with Crippen molar-refractivity contribution in [2.75, 3.05) is 30.1 Å². The summed E-state index contributed by atoms with van der Waals surface area (Å²) in [6.45, 7) is 2.94. The summed E-state index contributed by atoms with van der Waals surface area (Å²) < 4.78 is 5.42. The lowest BCUT2D eigenvalue weighted by Crippen LogP contribution is -2.37. The molecule has 0 fully saturated rings. The van der Waals surface area contributed by atoms with Crippen LogP contribution in [-0.4, -0.2) is 31.1 Å². The largest absolute Gasteiger partial charge is 0.495 e. The fourth-order valence-electron chi connectivity index (χ4n) is 2.41. The molecule has 2 rings (SSSR count). The molecule has 104 valence electrons. The van der Waals surface area contributed by atoms with Gasteiger partial charge in [-0.2, -0.15) is 11.8 Å². The van der Waals surface area contributed by atoms with Gasteiger partial charge in [0, 0.05) is 6.54 Å². The van der Waals surface area contributed by atoms with Crippen molar-refractivity contribution in [2.45, 2.75) is 26.2 Å². The number of fused-ring (bicyclic) bond motifs is 1. The summed E-state index contributed by atoms with van der Waals surface area (Å²) in [5.41, 5.74) is 2.21. The minimum Gasteiger partial charge on any atom is -0.495 e. The van der Waals surface area contributed by atoms with Gasteiger partial charge in [0.15, 0.2) is 0 Å². The van der Waals surface area contributed by atoms with Gasteiger partial charge in [-0.25, -0.2) is 0 Å². The third kappa shape index (κ3) is 3.24. The fourth-order valence-corrected chi connectivity index (χ4v) is 3.17. The van der Waals surface area contributed by atoms with Crippen molar-refractivity contribution in [3.8, 4) is 5.75 Å². The maximum Gasteiger partial charge on any atom is 0.237 e. The van der Waals surface area contributed by atoms with Crippen molar-refractivity contribution < 1.29 is 9.53 Å². The molecule has 1 aromatic rings. The van der Waals surface area contributed by atoms with Crippen LogP contribution in [0.2, 0.25) is 0 Å². The number of carbonyl (C=O) groups excluding carboxylic acids is 1. The number of para-hydroxylation sites is 1. The summed E-state index contributed by atoms with van der Waals surface area (Å²) in [4.78, 5) is 14.3. The number of anilines is 1. The highest BCUT2D eigenvalue weighted by molar-refractivity contribution is 7.99. The molecular formula is C15H21NO2S. The zero-order valence-corrected chi connectivity index (χ0v) is 12.5. The Balaban J connectivity index is 2.18. The van der Waals surface area contributed by atoms with Crippen LogP contribution < -0.4 is 9.64 Å². The second-order valence-electron chi connectivity index (χ2n) is 4.67. The van der Waals surface area contributed by atoms with Gasteiger partial charge in [0.05, 0.1) is 18.6 Å². The molecule has 1 aliphatic rings. The molecule has 1 amide bonds. The quantitative estimate of drug-likeness (QED) is 0.776. The summed E-state index contributed by atoms with van der Waals surface area (Å²) in [6.07, 6.45) is 3.17. The molecular weight excluding hydrogens is 258 g/mol. The monoisotopic (exact) mass is 279 g/mol. The topological polar surface area (TPSA) is 29.5 Å². The summed E-state index contributed by atoms with van der Waals surface area (Å²) in [5, 5.41) is 0. The predicted molar refractivity (Wildman–Crippen MR) is 81.3 cm³/mol. The van der Waals surface area contributed by atoms with E-state index in [-0.39, 0.29) is 5.91 Å². The number of rotatable bonds is 5. The van der Waals surface area contributed by atoms with Crippen molar-refractivity contribution in [3.63, 3.8) is 0 Å². The SMILES string of the molecule is CCCSCC(=O)N1CCCc2cccc(OC)c21. The molecule has 0 aromatic heterocycles. The number of aryl methyl sites for hydroxylation is 1. The van der Waals surface area contributed by atoms with E-state index in [0.717, 1.165) is 43.0 Å². The average molecular weight is 279 g/mol. The Hall–Kier alpha value is -1.16. The molecule has 1 heterocycles. The maximum absolute atomic E-state index is 12.4. The van der Waals surface area contributed by atoms with E-state index in [1.807, 2.05) is 17.0 Å². The fraction of sp³-hybridized carbons (Fsp3) is 0.533. The third-order valence-corrected chi connectivity index (χ3v) is 4.42. The number of benzene rings is 1. The summed E-state index contributed by atoms with van der Waals surface area (Å²) in [6, 6.07) is 6.03. The molecule has 19 heavy (non-hydrogen) atoms. The third-order valence-electron chi connectivity index (χ3n) is 3.28. The van der Waals surface area contributed by atoms with Gasteiger partial charge in [0.1, 0.15) is 5.75 Å². The van der Waals surface area contributed by atoms with Crippen LogP contribution in [0.1, 0.15) is 25.3 Å². The molecule has 1 aliphatic heterocycles. The summed E-state index contributed by atoms with van der Waals surface area (Å²) in [7, 11) is 1.67. The van der Waals surface area contributed by atoms with E-state index < -0.39 is 0 Å². The van der Waals surface area contributed by atoms with Gasteiger partial charge < -0.3 is 9.64 Å². The molecule has 0 radical (unpaired) electrons. The molecule has 1 aromatic carbocycles. The van der Waals surface area contributed by atoms with Crippen LogP contribution in [0.3, 0.4) is 0 Å². The van der Waals surface area contributed by atoms with Gasteiger partial charge in [-0.15, -0.1) is 0 Å². The lowest BCUT2D eigenvalue weighted by Gasteiger charge is -2.30. The van der Waals surface area contributed by atoms with Gasteiger partial charge >= 0.3 is 0 Å². The molecule has 4 heteroatoms. The standard InChI is InChI=1S/C15H21NO2S/c1-3-10-19-11-14(17)16-9-5-7-12-6-4-8-13(18-2)15(12)16/h4,6,8H,3,5,7,9-11H2,1-2H3. The molecule has 0 bridgehead atoms. The van der Waals surface area contributed by atoms with Crippen LogP contribution in [0.5, 0.6) is 5.75 Å². The Morgan fingerprint density at radius 3 is 3.05 bits per heavy atom. The lowest BCUT2D eigenvalue weighted by atomic mass is 10.0. The molecule has 0 N–H and O–H groups in total. The number of hydrogen-bond donors (Lipinski definition) is 0. The van der Waals surface area contributed by atoms with Crippen LogP contribution in [0.15, 0.2) is 18.2 Å². The van der Waals surface area contributed by atoms with E-state index in [0.29, 0.717) is 5.75 Å². The average Bonchev–Trinajstić information content (AvgIpc) is 2.46.